The fourth-order valence-corrected chi connectivity index (χ4v) is 0. The van der Waals surface area contributed by atoms with Gasteiger partial charge in [-0.25, -0.2) is 0 Å². The molecule has 4 heteroatoms. The van der Waals surface area contributed by atoms with Gasteiger partial charge in [-0.05, 0) is 0 Å². The maximum Gasteiger partial charge on any atom is 1.00 e. The summed E-state index contributed by atoms with van der Waals surface area (Å²) >= 11 is 0. The van der Waals surface area contributed by atoms with Crippen LogP contribution < -0.4 is 37.2 Å². The molecule has 0 N–H and O–H groups in total. The van der Waals surface area contributed by atoms with Gasteiger partial charge in [-0.2, -0.15) is 0 Å². The smallest absolute Gasteiger partial charge is 1.00 e. The summed E-state index contributed by atoms with van der Waals surface area (Å²) in [5, 5.41) is 0. The van der Waals surface area contributed by atoms with Crippen molar-refractivity contribution in [2.45, 2.75) is 0 Å². The molecule has 4 heavy (non-hydrogen) atoms. The molecule has 0 amide bonds. The topological polar surface area (TPSA) is 0 Å². The van der Waals surface area contributed by atoms with Crippen molar-refractivity contribution in [1.29, 1.82) is 0 Å². The van der Waals surface area contributed by atoms with Crippen LogP contribution in [-0.4, -0.2) is 17.6 Å². The second-order valence-electron chi connectivity index (χ2n) is 0. The Labute approximate surface area is 56.4 Å². The summed E-state index contributed by atoms with van der Waals surface area (Å²) in [4.78, 5) is 0. The van der Waals surface area contributed by atoms with E-state index in [2.05, 4.69) is 0 Å². The van der Waals surface area contributed by atoms with Gasteiger partial charge in [0.15, 0.2) is 0 Å². The normalized spacial score (nSPS) is 0. The van der Waals surface area contributed by atoms with E-state index in [-0.39, 0.29) is 56.2 Å². The van der Waals surface area contributed by atoms with E-state index in [4.69, 9.17) is 0 Å². The van der Waals surface area contributed by atoms with Crippen molar-refractivity contribution < 1.29 is 38.6 Å². The molecule has 0 bridgehead atoms. The predicted molar refractivity (Wildman–Crippen MR) is 12.4 cm³/mol. The monoisotopic (exact) mass is 184 g/mol. The van der Waals surface area contributed by atoms with Crippen LogP contribution in [0.4, 0.5) is 0 Å². The zero-order valence-corrected chi connectivity index (χ0v) is 3.40. The molecule has 0 saturated heterocycles. The molecule has 0 aliphatic heterocycles. The van der Waals surface area contributed by atoms with Crippen molar-refractivity contribution in [2.24, 2.45) is 0 Å². The first kappa shape index (κ1) is 52.8. The zero-order chi connectivity index (χ0) is 0. The minimum absolute atomic E-state index is 0. The Morgan fingerprint density at radius 2 is 0.750 bits per heavy atom. The average molecular weight is 184 g/mol. The molecule has 0 heterocycles. The van der Waals surface area contributed by atoms with Gasteiger partial charge in [-0.15, -0.1) is 0 Å². The molecule has 0 rings (SSSR count). The van der Waals surface area contributed by atoms with Crippen LogP contribution in [0.25, 0.3) is 0 Å². The number of hydrogen-bond donors (Lipinski definition) is 0. The Morgan fingerprint density at radius 3 is 0.750 bits per heavy atom. The molecule has 0 aromatic rings. The molecule has 0 nitrogen and oxygen atoms in total. The molecule has 0 atom stereocenters. The van der Waals surface area contributed by atoms with Gasteiger partial charge in [0.25, 0.3) is 0 Å². The van der Waals surface area contributed by atoms with Crippen LogP contribution >= 0.6 is 0 Å². The summed E-state index contributed by atoms with van der Waals surface area (Å²) in [7, 11) is 0. The predicted octanol–water partition coefficient (Wildman–Crippen LogP) is -10.3. The van der Waals surface area contributed by atoms with E-state index in [0.717, 1.165) is 0 Å². The molecule has 0 fully saturated rings. The van der Waals surface area contributed by atoms with Gasteiger partial charge >= 0.3 is 19.0 Å². The Bertz CT molecular complexity index is 6.85. The molecule has 0 aliphatic rings. The third kappa shape index (κ3) is 9.95. The van der Waals surface area contributed by atoms with E-state index in [1.54, 1.807) is 0 Å². The molecule has 32 valence electrons. The first-order chi connectivity index (χ1) is 0. The summed E-state index contributed by atoms with van der Waals surface area (Å²) in [6.07, 6.45) is 0. The van der Waals surface area contributed by atoms with Crippen molar-refractivity contribution in [1.82, 2.24) is 0 Å². The summed E-state index contributed by atoms with van der Waals surface area (Å²) in [6, 6.07) is 0. The maximum atomic E-state index is 0. The van der Waals surface area contributed by atoms with E-state index in [9.17, 15) is 0 Å². The van der Waals surface area contributed by atoms with Crippen LogP contribution in [0.5, 0.6) is 0 Å². The quantitative estimate of drug-likeness (QED) is 0.328. The third-order valence-corrected chi connectivity index (χ3v) is 0. The summed E-state index contributed by atoms with van der Waals surface area (Å²) in [5.41, 5.74) is 0. The van der Waals surface area contributed by atoms with Gasteiger partial charge in [0.2, 0.25) is 0 Å². The fraction of sp³-hybridized carbons (Fsp3) is 0. The zero-order valence-electron chi connectivity index (χ0n) is 2.13. The number of halogens is 3. The molecule has 0 saturated carbocycles. The van der Waals surface area contributed by atoms with E-state index in [1.807, 2.05) is 0 Å². The largest absolute Gasteiger partial charge is 1.00 e. The van der Waals surface area contributed by atoms with E-state index < -0.39 is 0 Å². The fourth-order valence-electron chi connectivity index (χ4n) is 0. The molecular weight excluding hydrogens is 179 g/mol. The van der Waals surface area contributed by atoms with Gasteiger partial charge in [0, 0.05) is 0 Å². The van der Waals surface area contributed by atoms with Crippen LogP contribution in [0.2, 0.25) is 0 Å². The summed E-state index contributed by atoms with van der Waals surface area (Å²) in [5.74, 6) is 0. The Morgan fingerprint density at radius 1 is 0.750 bits per heavy atom. The first-order valence-corrected chi connectivity index (χ1v) is 0. The van der Waals surface area contributed by atoms with Crippen molar-refractivity contribution in [3.05, 3.63) is 0 Å². The van der Waals surface area contributed by atoms with E-state index in [0.29, 0.717) is 0 Å². The van der Waals surface area contributed by atoms with Crippen LogP contribution in [0.15, 0.2) is 0 Å². The summed E-state index contributed by atoms with van der Waals surface area (Å²) in [6.45, 7) is 0. The SMILES string of the molecule is [Cl-].[Cl-].[Cl-].[GeH4].[H+]. The summed E-state index contributed by atoms with van der Waals surface area (Å²) < 4.78 is 0. The molecule has 0 aliphatic carbocycles. The van der Waals surface area contributed by atoms with Gasteiger partial charge in [0.1, 0.15) is 0 Å². The minimum Gasteiger partial charge on any atom is 1.00 e. The van der Waals surface area contributed by atoms with Crippen LogP contribution in [0.1, 0.15) is 1.43 Å². The van der Waals surface area contributed by atoms with Crippen LogP contribution in [0, 0.1) is 0 Å². The second-order valence-corrected chi connectivity index (χ2v) is 0. The van der Waals surface area contributed by atoms with E-state index >= 15 is 0 Å². The second kappa shape index (κ2) is 25.7. The molecule has 0 aromatic heterocycles. The van der Waals surface area contributed by atoms with Crippen molar-refractivity contribution >= 4 is 17.6 Å². The Hall–Kier alpha value is 1.41. The maximum absolute atomic E-state index is 0. The standard InChI is InChI=1S/3ClH.GeH4/h3*1H;1H4/p-2. The number of hydrogen-bond acceptors (Lipinski definition) is 0. The molecule has 0 aromatic carbocycles. The van der Waals surface area contributed by atoms with Crippen LogP contribution in [0.3, 0.4) is 0 Å². The van der Waals surface area contributed by atoms with Crippen molar-refractivity contribution in [3.8, 4) is 0 Å². The van der Waals surface area contributed by atoms with Crippen molar-refractivity contribution in [2.75, 3.05) is 0 Å². The van der Waals surface area contributed by atoms with Gasteiger partial charge in [0.05, 0.1) is 0 Å². The molecular formula is H5Cl3Ge-2. The first-order valence-electron chi connectivity index (χ1n) is 0. The molecule has 0 unspecified atom stereocenters. The Kier molecular flexibility index (Phi) is 340. The van der Waals surface area contributed by atoms with Gasteiger partial charge in [-0.1, -0.05) is 0 Å². The minimum atomic E-state index is 0. The van der Waals surface area contributed by atoms with Gasteiger partial charge in [-0.3, -0.25) is 0 Å². The third-order valence-electron chi connectivity index (χ3n) is 0. The van der Waals surface area contributed by atoms with Crippen LogP contribution in [-0.2, 0) is 0 Å². The number of rotatable bonds is 0. The van der Waals surface area contributed by atoms with Gasteiger partial charge < -0.3 is 37.2 Å². The Balaban J connectivity index is 0. The molecule has 0 radical (unpaired) electrons. The average Bonchev–Trinajstić information content (AvgIpc) is 0. The molecule has 0 spiro atoms. The van der Waals surface area contributed by atoms with Crippen molar-refractivity contribution in [3.63, 3.8) is 0 Å². The van der Waals surface area contributed by atoms with E-state index in [1.165, 1.54) is 0 Å².